The topological polar surface area (TPSA) is 171 Å². The van der Waals surface area contributed by atoms with Crippen molar-refractivity contribution in [3.8, 4) is 0 Å². The van der Waals surface area contributed by atoms with Gasteiger partial charge in [0.25, 0.3) is 0 Å². The predicted octanol–water partition coefficient (Wildman–Crippen LogP) is -4.85. The lowest BCUT2D eigenvalue weighted by molar-refractivity contribution is -0.125. The minimum absolute atomic E-state index is 0.461. The third-order valence-corrected chi connectivity index (χ3v) is 2.53. The molecule has 0 spiro atoms. The van der Waals surface area contributed by atoms with Gasteiger partial charge in [0.15, 0.2) is 0 Å². The van der Waals surface area contributed by atoms with Crippen LogP contribution in [0, 0.1) is 0 Å². The van der Waals surface area contributed by atoms with Crippen molar-refractivity contribution in [3.63, 3.8) is 0 Å². The first-order valence-corrected chi connectivity index (χ1v) is 5.73. The summed E-state index contributed by atoms with van der Waals surface area (Å²) in [5.74, 6) is 0. The van der Waals surface area contributed by atoms with Crippen molar-refractivity contribution < 1.29 is 45.6 Å². The van der Waals surface area contributed by atoms with E-state index in [0.29, 0.717) is 0 Å². The Balaban J connectivity index is 3.96. The summed E-state index contributed by atoms with van der Waals surface area (Å²) in [5, 5.41) is 72.4. The molecule has 0 radical (unpaired) electrons. The highest BCUT2D eigenvalue weighted by Crippen LogP contribution is 2.04. The largest absolute Gasteiger partial charge is 0.394 e. The Morgan fingerprint density at radius 1 is 0.579 bits per heavy atom. The van der Waals surface area contributed by atoms with Gasteiger partial charge in [0, 0.05) is 0 Å². The summed E-state index contributed by atoms with van der Waals surface area (Å²) < 4.78 is 4.78. The van der Waals surface area contributed by atoms with Gasteiger partial charge in [0.05, 0.1) is 26.4 Å². The van der Waals surface area contributed by atoms with E-state index in [4.69, 9.17) is 25.2 Å². The molecule has 9 heteroatoms. The van der Waals surface area contributed by atoms with E-state index in [-0.39, 0.29) is 0 Å². The highest BCUT2D eigenvalue weighted by atomic mass is 16.5. The standard InChI is InChI=1S/C10H22O9/c11-1-5(13)9(17)7(15)3-19-4-8(16)10(18)6(14)2-12/h5-18H,1-4H2/t5-,6-,7+,8+,9+,10+/m1/s1. The van der Waals surface area contributed by atoms with Crippen LogP contribution in [0.4, 0.5) is 0 Å². The van der Waals surface area contributed by atoms with Gasteiger partial charge in [-0.2, -0.15) is 0 Å². The lowest BCUT2D eigenvalue weighted by atomic mass is 10.1. The van der Waals surface area contributed by atoms with E-state index in [1.807, 2.05) is 0 Å². The molecule has 0 aromatic rings. The number of ether oxygens (including phenoxy) is 1. The van der Waals surface area contributed by atoms with E-state index in [0.717, 1.165) is 0 Å². The molecule has 0 fully saturated rings. The van der Waals surface area contributed by atoms with E-state index in [2.05, 4.69) is 0 Å². The normalized spacial score (nSPS) is 21.5. The average molecular weight is 286 g/mol. The van der Waals surface area contributed by atoms with Gasteiger partial charge < -0.3 is 45.6 Å². The molecule has 0 saturated carbocycles. The van der Waals surface area contributed by atoms with Gasteiger partial charge in [-0.25, -0.2) is 0 Å². The van der Waals surface area contributed by atoms with Crippen molar-refractivity contribution >= 4 is 0 Å². The lowest BCUT2D eigenvalue weighted by Crippen LogP contribution is -2.44. The second-order valence-electron chi connectivity index (χ2n) is 4.15. The van der Waals surface area contributed by atoms with Crippen molar-refractivity contribution in [1.29, 1.82) is 0 Å². The van der Waals surface area contributed by atoms with Crippen LogP contribution in [0.25, 0.3) is 0 Å². The van der Waals surface area contributed by atoms with E-state index >= 15 is 0 Å². The summed E-state index contributed by atoms with van der Waals surface area (Å²) in [6.07, 6.45) is -9.26. The fraction of sp³-hybridized carbons (Fsp3) is 1.00. The molecule has 0 saturated heterocycles. The molecule has 0 aromatic heterocycles. The SMILES string of the molecule is OC[C@@H](O)[C@H](O)[C@@H](O)COC[C@H](O)[C@@H](O)[C@H](O)CO. The molecule has 0 aliphatic carbocycles. The van der Waals surface area contributed by atoms with Crippen LogP contribution in [-0.4, -0.2) is 104 Å². The Morgan fingerprint density at radius 2 is 0.895 bits per heavy atom. The first-order chi connectivity index (χ1) is 8.84. The van der Waals surface area contributed by atoms with Crippen LogP contribution >= 0.6 is 0 Å². The van der Waals surface area contributed by atoms with Crippen LogP contribution in [-0.2, 0) is 4.74 Å². The Labute approximate surface area is 109 Å². The zero-order valence-corrected chi connectivity index (χ0v) is 10.3. The maximum absolute atomic E-state index is 9.35. The second kappa shape index (κ2) is 9.53. The van der Waals surface area contributed by atoms with Gasteiger partial charge in [0.2, 0.25) is 0 Å². The fourth-order valence-electron chi connectivity index (χ4n) is 1.24. The maximum Gasteiger partial charge on any atom is 0.110 e. The summed E-state index contributed by atoms with van der Waals surface area (Å²) in [4.78, 5) is 0. The summed E-state index contributed by atoms with van der Waals surface area (Å²) >= 11 is 0. The highest BCUT2D eigenvalue weighted by molar-refractivity contribution is 4.76. The number of aliphatic hydroxyl groups excluding tert-OH is 8. The molecule has 0 aliphatic rings. The molecule has 19 heavy (non-hydrogen) atoms. The molecule has 0 aliphatic heterocycles. The molecular formula is C10H22O9. The molecule has 116 valence electrons. The Hall–Kier alpha value is -0.360. The van der Waals surface area contributed by atoms with E-state index in [9.17, 15) is 20.4 Å². The summed E-state index contributed by atoms with van der Waals surface area (Å²) in [5.41, 5.74) is 0. The molecule has 6 atom stereocenters. The van der Waals surface area contributed by atoms with E-state index < -0.39 is 63.1 Å². The van der Waals surface area contributed by atoms with Gasteiger partial charge in [-0.15, -0.1) is 0 Å². The van der Waals surface area contributed by atoms with Crippen molar-refractivity contribution in [2.75, 3.05) is 26.4 Å². The van der Waals surface area contributed by atoms with Gasteiger partial charge in [-0.05, 0) is 0 Å². The molecule has 0 amide bonds. The van der Waals surface area contributed by atoms with E-state index in [1.165, 1.54) is 0 Å². The smallest absolute Gasteiger partial charge is 0.110 e. The lowest BCUT2D eigenvalue weighted by Gasteiger charge is -2.24. The first-order valence-electron chi connectivity index (χ1n) is 5.73. The van der Waals surface area contributed by atoms with Crippen LogP contribution in [0.5, 0.6) is 0 Å². The minimum atomic E-state index is -1.62. The average Bonchev–Trinajstić information content (AvgIpc) is 2.43. The summed E-state index contributed by atoms with van der Waals surface area (Å²) in [6, 6.07) is 0. The molecule has 0 heterocycles. The minimum Gasteiger partial charge on any atom is -0.394 e. The Bertz CT molecular complexity index is 205. The molecule has 0 aromatic carbocycles. The van der Waals surface area contributed by atoms with Crippen molar-refractivity contribution in [3.05, 3.63) is 0 Å². The zero-order valence-electron chi connectivity index (χ0n) is 10.3. The molecule has 8 N–H and O–H groups in total. The van der Waals surface area contributed by atoms with Crippen LogP contribution < -0.4 is 0 Å². The van der Waals surface area contributed by atoms with Gasteiger partial charge in [-0.3, -0.25) is 0 Å². The summed E-state index contributed by atoms with van der Waals surface area (Å²) in [6.45, 7) is -2.39. The Morgan fingerprint density at radius 3 is 1.16 bits per heavy atom. The number of hydrogen-bond acceptors (Lipinski definition) is 9. The monoisotopic (exact) mass is 286 g/mol. The van der Waals surface area contributed by atoms with Crippen molar-refractivity contribution in [1.82, 2.24) is 0 Å². The Kier molecular flexibility index (Phi) is 9.35. The van der Waals surface area contributed by atoms with Crippen LogP contribution in [0.2, 0.25) is 0 Å². The third kappa shape index (κ3) is 6.56. The number of aliphatic hydroxyl groups is 8. The number of hydrogen-bond donors (Lipinski definition) is 8. The molecule has 9 nitrogen and oxygen atoms in total. The third-order valence-electron chi connectivity index (χ3n) is 2.53. The van der Waals surface area contributed by atoms with Crippen LogP contribution in [0.15, 0.2) is 0 Å². The van der Waals surface area contributed by atoms with Crippen molar-refractivity contribution in [2.45, 2.75) is 36.6 Å². The summed E-state index contributed by atoms with van der Waals surface area (Å²) in [7, 11) is 0. The second-order valence-corrected chi connectivity index (χ2v) is 4.15. The fourth-order valence-corrected chi connectivity index (χ4v) is 1.24. The molecular weight excluding hydrogens is 264 g/mol. The highest BCUT2D eigenvalue weighted by Gasteiger charge is 2.27. The van der Waals surface area contributed by atoms with Crippen LogP contribution in [0.1, 0.15) is 0 Å². The quantitative estimate of drug-likeness (QED) is 0.196. The molecule has 0 rings (SSSR count). The molecule has 0 bridgehead atoms. The van der Waals surface area contributed by atoms with Gasteiger partial charge in [-0.1, -0.05) is 0 Å². The first kappa shape index (κ1) is 18.6. The van der Waals surface area contributed by atoms with Gasteiger partial charge >= 0.3 is 0 Å². The van der Waals surface area contributed by atoms with E-state index in [1.54, 1.807) is 0 Å². The van der Waals surface area contributed by atoms with Crippen LogP contribution in [0.3, 0.4) is 0 Å². The maximum atomic E-state index is 9.35. The van der Waals surface area contributed by atoms with Crippen molar-refractivity contribution in [2.24, 2.45) is 0 Å². The predicted molar refractivity (Wildman–Crippen MR) is 61.0 cm³/mol. The zero-order chi connectivity index (χ0) is 15.0. The van der Waals surface area contributed by atoms with Gasteiger partial charge in [0.1, 0.15) is 36.6 Å². The number of rotatable bonds is 10. The molecule has 0 unspecified atom stereocenters.